The summed E-state index contributed by atoms with van der Waals surface area (Å²) in [5, 5.41) is 3.70. The van der Waals surface area contributed by atoms with Crippen LogP contribution < -0.4 is 10.2 Å². The van der Waals surface area contributed by atoms with Crippen LogP contribution >= 0.6 is 11.6 Å². The summed E-state index contributed by atoms with van der Waals surface area (Å²) in [7, 11) is 3.93. The van der Waals surface area contributed by atoms with E-state index in [9.17, 15) is 9.59 Å². The first-order valence-corrected chi connectivity index (χ1v) is 9.36. The van der Waals surface area contributed by atoms with Gasteiger partial charge in [0, 0.05) is 36.3 Å². The molecule has 1 heterocycles. The fourth-order valence-corrected chi connectivity index (χ4v) is 3.74. The van der Waals surface area contributed by atoms with Crippen molar-refractivity contribution in [2.24, 2.45) is 0 Å². The Kier molecular flexibility index (Phi) is 5.82. The first-order chi connectivity index (χ1) is 12.9. The van der Waals surface area contributed by atoms with Crippen LogP contribution in [-0.2, 0) is 11.2 Å². The van der Waals surface area contributed by atoms with Crippen LogP contribution in [0.15, 0.2) is 42.5 Å². The number of hydrogen-bond acceptors (Lipinski definition) is 3. The highest BCUT2D eigenvalue weighted by molar-refractivity contribution is 6.31. The summed E-state index contributed by atoms with van der Waals surface area (Å²) in [6, 6.07) is 13.2. The average molecular weight is 386 g/mol. The molecule has 2 amide bonds. The Morgan fingerprint density at radius 3 is 2.63 bits per heavy atom. The van der Waals surface area contributed by atoms with Gasteiger partial charge in [-0.1, -0.05) is 29.8 Å². The molecule has 5 nitrogen and oxygen atoms in total. The van der Waals surface area contributed by atoms with E-state index in [4.69, 9.17) is 11.6 Å². The fourth-order valence-electron chi connectivity index (χ4n) is 3.48. The SMILES string of the molecule is CC(=O)N1CCc2cc(C(=O)NC[C@H](c3ccccc3Cl)N(C)C)ccc21. The number of carbonyl (C=O) groups is 2. The molecule has 6 heteroatoms. The molecule has 0 spiro atoms. The first-order valence-electron chi connectivity index (χ1n) is 8.98. The van der Waals surface area contributed by atoms with E-state index in [-0.39, 0.29) is 17.9 Å². The third kappa shape index (κ3) is 4.15. The van der Waals surface area contributed by atoms with Gasteiger partial charge in [-0.05, 0) is 55.9 Å². The fraction of sp³-hybridized carbons (Fsp3) is 0.333. The molecule has 0 saturated heterocycles. The van der Waals surface area contributed by atoms with Crippen molar-refractivity contribution < 1.29 is 9.59 Å². The molecule has 1 aliphatic heterocycles. The van der Waals surface area contributed by atoms with Gasteiger partial charge < -0.3 is 15.1 Å². The van der Waals surface area contributed by atoms with Gasteiger partial charge in [-0.25, -0.2) is 0 Å². The number of fused-ring (bicyclic) bond motifs is 1. The average Bonchev–Trinajstić information content (AvgIpc) is 3.06. The predicted octanol–water partition coefficient (Wildman–Crippen LogP) is 3.28. The zero-order chi connectivity index (χ0) is 19.6. The van der Waals surface area contributed by atoms with Crippen molar-refractivity contribution in [2.45, 2.75) is 19.4 Å². The second-order valence-electron chi connectivity index (χ2n) is 6.98. The van der Waals surface area contributed by atoms with E-state index in [2.05, 4.69) is 5.32 Å². The van der Waals surface area contributed by atoms with Crippen LogP contribution in [0.25, 0.3) is 0 Å². The van der Waals surface area contributed by atoms with Crippen LogP contribution in [0.5, 0.6) is 0 Å². The van der Waals surface area contributed by atoms with Gasteiger partial charge in [-0.3, -0.25) is 9.59 Å². The molecular formula is C21H24ClN3O2. The highest BCUT2D eigenvalue weighted by atomic mass is 35.5. The Morgan fingerprint density at radius 2 is 1.96 bits per heavy atom. The number of benzene rings is 2. The number of anilines is 1. The molecule has 142 valence electrons. The summed E-state index contributed by atoms with van der Waals surface area (Å²) in [4.78, 5) is 28.1. The Balaban J connectivity index is 1.72. The Bertz CT molecular complexity index is 866. The Labute approximate surface area is 164 Å². The third-order valence-electron chi connectivity index (χ3n) is 4.96. The molecule has 2 aromatic carbocycles. The second-order valence-corrected chi connectivity index (χ2v) is 7.38. The van der Waals surface area contributed by atoms with E-state index in [1.165, 1.54) is 0 Å². The van der Waals surface area contributed by atoms with E-state index in [0.717, 1.165) is 23.2 Å². The van der Waals surface area contributed by atoms with Crippen molar-refractivity contribution in [1.82, 2.24) is 10.2 Å². The maximum absolute atomic E-state index is 12.7. The van der Waals surface area contributed by atoms with E-state index in [1.54, 1.807) is 17.9 Å². The van der Waals surface area contributed by atoms with Gasteiger partial charge in [0.15, 0.2) is 0 Å². The van der Waals surface area contributed by atoms with E-state index in [1.807, 2.05) is 55.4 Å². The van der Waals surface area contributed by atoms with Gasteiger partial charge in [0.1, 0.15) is 0 Å². The summed E-state index contributed by atoms with van der Waals surface area (Å²) in [5.74, 6) is -0.0995. The van der Waals surface area contributed by atoms with Crippen molar-refractivity contribution in [3.8, 4) is 0 Å². The van der Waals surface area contributed by atoms with Crippen molar-refractivity contribution in [2.75, 3.05) is 32.1 Å². The molecule has 1 N–H and O–H groups in total. The van der Waals surface area contributed by atoms with E-state index >= 15 is 0 Å². The lowest BCUT2D eigenvalue weighted by Gasteiger charge is -2.26. The molecule has 0 unspecified atom stereocenters. The molecule has 0 aromatic heterocycles. The third-order valence-corrected chi connectivity index (χ3v) is 5.31. The quantitative estimate of drug-likeness (QED) is 0.859. The zero-order valence-electron chi connectivity index (χ0n) is 15.8. The topological polar surface area (TPSA) is 52.7 Å². The molecule has 2 aromatic rings. The predicted molar refractivity (Wildman–Crippen MR) is 108 cm³/mol. The number of carbonyl (C=O) groups excluding carboxylic acids is 2. The lowest BCUT2D eigenvalue weighted by Crippen LogP contribution is -2.34. The normalized spacial score (nSPS) is 14.2. The summed E-state index contributed by atoms with van der Waals surface area (Å²) in [5.41, 5.74) is 3.53. The van der Waals surface area contributed by atoms with Gasteiger partial charge in [0.25, 0.3) is 5.91 Å². The standard InChI is InChI=1S/C21H24ClN3O2/c1-14(26)25-11-10-15-12-16(8-9-19(15)25)21(27)23-13-20(24(2)3)17-6-4-5-7-18(17)22/h4-9,12,20H,10-11,13H2,1-3H3,(H,23,27)/t20-/m1/s1. The number of hydrogen-bond donors (Lipinski definition) is 1. The van der Waals surface area contributed by atoms with Crippen LogP contribution in [0.1, 0.15) is 34.5 Å². The highest BCUT2D eigenvalue weighted by Gasteiger charge is 2.23. The van der Waals surface area contributed by atoms with Gasteiger partial charge in [-0.15, -0.1) is 0 Å². The van der Waals surface area contributed by atoms with Gasteiger partial charge in [0.05, 0.1) is 6.04 Å². The minimum Gasteiger partial charge on any atom is -0.350 e. The molecule has 0 fully saturated rings. The number of nitrogens with one attached hydrogen (secondary N) is 1. The number of amides is 2. The van der Waals surface area contributed by atoms with Gasteiger partial charge >= 0.3 is 0 Å². The minimum atomic E-state index is -0.127. The molecule has 1 aliphatic rings. The lowest BCUT2D eigenvalue weighted by atomic mass is 10.0. The molecule has 1 atom stereocenters. The van der Waals surface area contributed by atoms with E-state index < -0.39 is 0 Å². The number of halogens is 1. The number of nitrogens with zero attached hydrogens (tertiary/aromatic N) is 2. The Morgan fingerprint density at radius 1 is 1.22 bits per heavy atom. The summed E-state index contributed by atoms with van der Waals surface area (Å²) in [6.45, 7) is 2.68. The van der Waals surface area contributed by atoms with Crippen molar-refractivity contribution in [3.05, 3.63) is 64.2 Å². The van der Waals surface area contributed by atoms with Crippen LogP contribution in [0.4, 0.5) is 5.69 Å². The van der Waals surface area contributed by atoms with Crippen LogP contribution in [-0.4, -0.2) is 43.9 Å². The molecule has 0 bridgehead atoms. The van der Waals surface area contributed by atoms with Crippen molar-refractivity contribution >= 4 is 29.1 Å². The first kappa shape index (κ1) is 19.4. The Hall–Kier alpha value is -2.37. The second kappa shape index (κ2) is 8.11. The van der Waals surface area contributed by atoms with Gasteiger partial charge in [-0.2, -0.15) is 0 Å². The summed E-state index contributed by atoms with van der Waals surface area (Å²) < 4.78 is 0. The van der Waals surface area contributed by atoms with E-state index in [0.29, 0.717) is 23.7 Å². The monoisotopic (exact) mass is 385 g/mol. The van der Waals surface area contributed by atoms with Gasteiger partial charge in [0.2, 0.25) is 5.91 Å². The molecule has 0 radical (unpaired) electrons. The molecule has 0 aliphatic carbocycles. The van der Waals surface area contributed by atoms with Crippen LogP contribution in [0.2, 0.25) is 5.02 Å². The van der Waals surface area contributed by atoms with Crippen LogP contribution in [0, 0.1) is 0 Å². The molecular weight excluding hydrogens is 362 g/mol. The molecule has 27 heavy (non-hydrogen) atoms. The smallest absolute Gasteiger partial charge is 0.251 e. The number of likely N-dealkylation sites (N-methyl/N-ethyl adjacent to an activating group) is 1. The maximum Gasteiger partial charge on any atom is 0.251 e. The van der Waals surface area contributed by atoms with Crippen molar-refractivity contribution in [3.63, 3.8) is 0 Å². The largest absolute Gasteiger partial charge is 0.350 e. The molecule has 0 saturated carbocycles. The number of rotatable bonds is 5. The summed E-state index contributed by atoms with van der Waals surface area (Å²) >= 11 is 6.33. The summed E-state index contributed by atoms with van der Waals surface area (Å²) in [6.07, 6.45) is 0.774. The molecule has 3 rings (SSSR count). The minimum absolute atomic E-state index is 0.0229. The lowest BCUT2D eigenvalue weighted by molar-refractivity contribution is -0.116. The van der Waals surface area contributed by atoms with Crippen molar-refractivity contribution in [1.29, 1.82) is 0 Å². The highest BCUT2D eigenvalue weighted by Crippen LogP contribution is 2.29. The maximum atomic E-state index is 12.7. The zero-order valence-corrected chi connectivity index (χ0v) is 16.6. The van der Waals surface area contributed by atoms with Crippen LogP contribution in [0.3, 0.4) is 0 Å².